The monoisotopic (exact) mass is 498 g/mol. The summed E-state index contributed by atoms with van der Waals surface area (Å²) in [5.74, 6) is 0.326. The maximum atomic E-state index is 13.2. The maximum absolute atomic E-state index is 13.2. The fourth-order valence-corrected chi connectivity index (χ4v) is 4.68. The van der Waals surface area contributed by atoms with Crippen LogP contribution in [0, 0.1) is 5.92 Å². The van der Waals surface area contributed by atoms with Gasteiger partial charge in [0.1, 0.15) is 11.9 Å². The third kappa shape index (κ3) is 5.35. The molecule has 32 heavy (non-hydrogen) atoms. The number of anilines is 1. The molecule has 0 saturated carbocycles. The standard InChI is InChI=1S/C24H27BrN4O3/c25-19-8-9-21(26-16-19)27-23(31)18-10-13-28(14-11-18)24(32)20-7-4-12-29(20)22(30)15-17-5-2-1-3-6-17/h1-3,5-6,8-9,16,18,20H,4,7,10-15H2,(H,26,27,31). The van der Waals surface area contributed by atoms with Crippen LogP contribution in [0.1, 0.15) is 31.2 Å². The Bertz CT molecular complexity index is 959. The molecule has 2 aliphatic rings. The fraction of sp³-hybridized carbons (Fsp3) is 0.417. The first-order valence-electron chi connectivity index (χ1n) is 11.1. The van der Waals surface area contributed by atoms with Crippen molar-refractivity contribution < 1.29 is 14.4 Å². The molecule has 0 spiro atoms. The second kappa shape index (κ2) is 10.3. The predicted octanol–water partition coefficient (Wildman–Crippen LogP) is 3.25. The van der Waals surface area contributed by atoms with Crippen molar-refractivity contribution in [2.75, 3.05) is 25.0 Å². The zero-order valence-electron chi connectivity index (χ0n) is 17.9. The summed E-state index contributed by atoms with van der Waals surface area (Å²) in [6, 6.07) is 12.8. The van der Waals surface area contributed by atoms with Crippen molar-refractivity contribution in [3.05, 3.63) is 58.7 Å². The number of carbonyl (C=O) groups excluding carboxylic acids is 3. The number of aromatic nitrogens is 1. The molecule has 1 unspecified atom stereocenters. The molecule has 8 heteroatoms. The minimum Gasteiger partial charge on any atom is -0.341 e. The van der Waals surface area contributed by atoms with Crippen LogP contribution in [-0.2, 0) is 20.8 Å². The second-order valence-electron chi connectivity index (χ2n) is 8.36. The molecule has 1 aromatic carbocycles. The molecular formula is C24H27BrN4O3. The summed E-state index contributed by atoms with van der Waals surface area (Å²) in [6.07, 6.45) is 4.73. The van der Waals surface area contributed by atoms with Crippen LogP contribution in [0.15, 0.2) is 53.1 Å². The van der Waals surface area contributed by atoms with Gasteiger partial charge in [-0.3, -0.25) is 14.4 Å². The van der Waals surface area contributed by atoms with Crippen LogP contribution in [0.25, 0.3) is 0 Å². The Morgan fingerprint density at radius 2 is 1.75 bits per heavy atom. The van der Waals surface area contributed by atoms with E-state index in [4.69, 9.17) is 0 Å². The molecule has 2 saturated heterocycles. The van der Waals surface area contributed by atoms with Crippen molar-refractivity contribution in [1.29, 1.82) is 0 Å². The van der Waals surface area contributed by atoms with Crippen molar-refractivity contribution >= 4 is 39.5 Å². The highest BCUT2D eigenvalue weighted by molar-refractivity contribution is 9.10. The number of piperidine rings is 1. The summed E-state index contributed by atoms with van der Waals surface area (Å²) in [4.78, 5) is 46.4. The van der Waals surface area contributed by atoms with Crippen molar-refractivity contribution in [2.45, 2.75) is 38.1 Å². The largest absolute Gasteiger partial charge is 0.341 e. The molecular weight excluding hydrogens is 472 g/mol. The van der Waals surface area contributed by atoms with E-state index < -0.39 is 0 Å². The average molecular weight is 499 g/mol. The Morgan fingerprint density at radius 1 is 1.00 bits per heavy atom. The Kier molecular flexibility index (Phi) is 7.19. The van der Waals surface area contributed by atoms with Gasteiger partial charge >= 0.3 is 0 Å². The molecule has 168 valence electrons. The van der Waals surface area contributed by atoms with Gasteiger partial charge in [-0.25, -0.2) is 4.98 Å². The minimum atomic E-state index is -0.386. The highest BCUT2D eigenvalue weighted by Crippen LogP contribution is 2.25. The number of hydrogen-bond donors (Lipinski definition) is 1. The number of nitrogens with zero attached hydrogens (tertiary/aromatic N) is 3. The number of benzene rings is 1. The second-order valence-corrected chi connectivity index (χ2v) is 9.27. The number of nitrogens with one attached hydrogen (secondary N) is 1. The molecule has 7 nitrogen and oxygen atoms in total. The molecule has 2 aliphatic heterocycles. The number of hydrogen-bond acceptors (Lipinski definition) is 4. The minimum absolute atomic E-state index is 0.00307. The first-order valence-corrected chi connectivity index (χ1v) is 11.8. The molecule has 1 aromatic heterocycles. The number of rotatable bonds is 5. The van der Waals surface area contributed by atoms with Gasteiger partial charge in [-0.2, -0.15) is 0 Å². The molecule has 4 rings (SSSR count). The van der Waals surface area contributed by atoms with E-state index in [1.165, 1.54) is 0 Å². The number of amides is 3. The number of likely N-dealkylation sites (tertiary alicyclic amines) is 2. The molecule has 1 N–H and O–H groups in total. The Balaban J connectivity index is 1.30. The van der Waals surface area contributed by atoms with E-state index in [9.17, 15) is 14.4 Å². The van der Waals surface area contributed by atoms with Crippen molar-refractivity contribution in [3.63, 3.8) is 0 Å². The van der Waals surface area contributed by atoms with Gasteiger partial charge in [0, 0.05) is 36.2 Å². The normalized spacial score (nSPS) is 19.1. The van der Waals surface area contributed by atoms with E-state index in [2.05, 4.69) is 26.2 Å². The predicted molar refractivity (Wildman–Crippen MR) is 125 cm³/mol. The van der Waals surface area contributed by atoms with Crippen LogP contribution < -0.4 is 5.32 Å². The topological polar surface area (TPSA) is 82.6 Å². The number of pyridine rings is 1. The zero-order valence-corrected chi connectivity index (χ0v) is 19.5. The Labute approximate surface area is 196 Å². The summed E-state index contributed by atoms with van der Waals surface area (Å²) >= 11 is 3.33. The quantitative estimate of drug-likeness (QED) is 0.685. The third-order valence-corrected chi connectivity index (χ3v) is 6.68. The molecule has 0 bridgehead atoms. The Hall–Kier alpha value is -2.74. The highest BCUT2D eigenvalue weighted by atomic mass is 79.9. The van der Waals surface area contributed by atoms with Gasteiger partial charge in [0.05, 0.1) is 6.42 Å². The van der Waals surface area contributed by atoms with Gasteiger partial charge in [-0.05, 0) is 59.3 Å². The number of carbonyl (C=O) groups is 3. The fourth-order valence-electron chi connectivity index (χ4n) is 4.44. The summed E-state index contributed by atoms with van der Waals surface area (Å²) in [5.41, 5.74) is 0.961. The third-order valence-electron chi connectivity index (χ3n) is 6.21. The molecule has 0 radical (unpaired) electrons. The smallest absolute Gasteiger partial charge is 0.245 e. The average Bonchev–Trinajstić information content (AvgIpc) is 3.31. The van der Waals surface area contributed by atoms with Gasteiger partial charge < -0.3 is 15.1 Å². The van der Waals surface area contributed by atoms with E-state index in [0.717, 1.165) is 16.5 Å². The van der Waals surface area contributed by atoms with Crippen LogP contribution in [0.5, 0.6) is 0 Å². The highest BCUT2D eigenvalue weighted by Gasteiger charge is 2.38. The zero-order chi connectivity index (χ0) is 22.5. The number of halogens is 1. The van der Waals surface area contributed by atoms with Crippen LogP contribution in [0.3, 0.4) is 0 Å². The molecule has 3 amide bonds. The van der Waals surface area contributed by atoms with Gasteiger partial charge in [0.2, 0.25) is 17.7 Å². The lowest BCUT2D eigenvalue weighted by Gasteiger charge is -2.35. The molecule has 0 aliphatic carbocycles. The summed E-state index contributed by atoms with van der Waals surface area (Å²) in [7, 11) is 0. The summed E-state index contributed by atoms with van der Waals surface area (Å²) < 4.78 is 0.852. The van der Waals surface area contributed by atoms with Crippen LogP contribution >= 0.6 is 15.9 Å². The molecule has 2 aromatic rings. The van der Waals surface area contributed by atoms with Crippen molar-refractivity contribution in [3.8, 4) is 0 Å². The van der Waals surface area contributed by atoms with Crippen LogP contribution in [-0.4, -0.2) is 58.2 Å². The van der Waals surface area contributed by atoms with E-state index in [1.807, 2.05) is 41.3 Å². The lowest BCUT2D eigenvalue weighted by Crippen LogP contribution is -2.51. The summed E-state index contributed by atoms with van der Waals surface area (Å²) in [5, 5.41) is 2.86. The lowest BCUT2D eigenvalue weighted by atomic mass is 9.95. The molecule has 1 atom stereocenters. The van der Waals surface area contributed by atoms with Gasteiger partial charge in [0.15, 0.2) is 0 Å². The molecule has 3 heterocycles. The SMILES string of the molecule is O=C(Nc1ccc(Br)cn1)C1CCN(C(=O)C2CCCN2C(=O)Cc2ccccc2)CC1. The van der Waals surface area contributed by atoms with E-state index >= 15 is 0 Å². The summed E-state index contributed by atoms with van der Waals surface area (Å²) in [6.45, 7) is 1.69. The Morgan fingerprint density at radius 3 is 2.44 bits per heavy atom. The molecule has 2 fully saturated rings. The van der Waals surface area contributed by atoms with Gasteiger partial charge in [-0.15, -0.1) is 0 Å². The first-order chi connectivity index (χ1) is 15.5. The van der Waals surface area contributed by atoms with Crippen LogP contribution in [0.4, 0.5) is 5.82 Å². The maximum Gasteiger partial charge on any atom is 0.245 e. The van der Waals surface area contributed by atoms with Gasteiger partial charge in [-0.1, -0.05) is 30.3 Å². The van der Waals surface area contributed by atoms with Gasteiger partial charge in [0.25, 0.3) is 0 Å². The van der Waals surface area contributed by atoms with E-state index in [-0.39, 0.29) is 29.7 Å². The van der Waals surface area contributed by atoms with E-state index in [1.54, 1.807) is 17.2 Å². The van der Waals surface area contributed by atoms with Crippen molar-refractivity contribution in [2.24, 2.45) is 5.92 Å². The van der Waals surface area contributed by atoms with Crippen LogP contribution in [0.2, 0.25) is 0 Å². The lowest BCUT2D eigenvalue weighted by molar-refractivity contribution is -0.144. The van der Waals surface area contributed by atoms with E-state index in [0.29, 0.717) is 51.1 Å². The first kappa shape index (κ1) is 22.5. The van der Waals surface area contributed by atoms with Crippen molar-refractivity contribution in [1.82, 2.24) is 14.8 Å².